The van der Waals surface area contributed by atoms with E-state index in [4.69, 9.17) is 0 Å². The molecule has 0 bridgehead atoms. The highest BCUT2D eigenvalue weighted by Crippen LogP contribution is 2.14. The van der Waals surface area contributed by atoms with Gasteiger partial charge in [-0.1, -0.05) is 0 Å². The maximum atomic E-state index is 4.57. The van der Waals surface area contributed by atoms with Gasteiger partial charge >= 0.3 is 0 Å². The van der Waals surface area contributed by atoms with Crippen LogP contribution in [0.5, 0.6) is 0 Å². The molecule has 0 radical (unpaired) electrons. The number of rotatable bonds is 8. The number of hydrogen-bond donors (Lipinski definition) is 2. The van der Waals surface area contributed by atoms with Crippen LogP contribution in [0.25, 0.3) is 0 Å². The largest absolute Gasteiger partial charge is 0.355 e. The Morgan fingerprint density at radius 1 is 1.14 bits per heavy atom. The lowest BCUT2D eigenvalue weighted by molar-refractivity contribution is 0.178. The fourth-order valence-electron chi connectivity index (χ4n) is 3.60. The molecule has 0 aliphatic carbocycles. The van der Waals surface area contributed by atoms with Crippen molar-refractivity contribution < 1.29 is 0 Å². The van der Waals surface area contributed by atoms with E-state index in [0.717, 1.165) is 57.6 Å². The molecule has 158 valence electrons. The van der Waals surface area contributed by atoms with Gasteiger partial charge in [0.15, 0.2) is 5.96 Å². The van der Waals surface area contributed by atoms with Crippen LogP contribution in [-0.4, -0.2) is 86.2 Å². The van der Waals surface area contributed by atoms with E-state index in [-0.39, 0.29) is 0 Å². The molecule has 0 atom stereocenters. The molecular formula is C21H39N7. The van der Waals surface area contributed by atoms with E-state index in [1.54, 1.807) is 0 Å². The molecule has 7 heteroatoms. The summed E-state index contributed by atoms with van der Waals surface area (Å²) in [6.07, 6.45) is 1.91. The van der Waals surface area contributed by atoms with Gasteiger partial charge in [0.25, 0.3) is 0 Å². The number of aromatic nitrogens is 1. The number of guanidine groups is 1. The van der Waals surface area contributed by atoms with E-state index >= 15 is 0 Å². The van der Waals surface area contributed by atoms with Crippen LogP contribution in [-0.2, 0) is 6.54 Å². The molecule has 7 nitrogen and oxygen atoms in total. The molecule has 0 amide bonds. The van der Waals surface area contributed by atoms with Crippen LogP contribution in [0.1, 0.15) is 33.3 Å². The average Bonchev–Trinajstić information content (AvgIpc) is 2.67. The summed E-state index contributed by atoms with van der Waals surface area (Å²) in [7, 11) is 3.99. The minimum absolute atomic E-state index is 0.543. The van der Waals surface area contributed by atoms with Gasteiger partial charge in [0.2, 0.25) is 0 Å². The van der Waals surface area contributed by atoms with Crippen LogP contribution in [0, 0.1) is 0 Å². The summed E-state index contributed by atoms with van der Waals surface area (Å²) < 4.78 is 0. The van der Waals surface area contributed by atoms with Crippen LogP contribution in [0.15, 0.2) is 23.3 Å². The maximum absolute atomic E-state index is 4.57. The zero-order valence-corrected chi connectivity index (χ0v) is 18.6. The molecule has 0 aromatic carbocycles. The van der Waals surface area contributed by atoms with Gasteiger partial charge in [0, 0.05) is 71.1 Å². The third-order valence-electron chi connectivity index (χ3n) is 5.31. The Balaban J connectivity index is 1.82. The van der Waals surface area contributed by atoms with Crippen LogP contribution in [0.4, 0.5) is 5.82 Å². The lowest BCUT2D eigenvalue weighted by atomic mass is 10.2. The second-order valence-electron chi connectivity index (χ2n) is 8.09. The Bertz CT molecular complexity index is 599. The summed E-state index contributed by atoms with van der Waals surface area (Å²) in [5.74, 6) is 1.91. The van der Waals surface area contributed by atoms with Crippen molar-refractivity contribution in [3.63, 3.8) is 0 Å². The molecule has 2 rings (SSSR count). The Morgan fingerprint density at radius 3 is 2.43 bits per heavy atom. The molecule has 28 heavy (non-hydrogen) atoms. The van der Waals surface area contributed by atoms with Crippen molar-refractivity contribution in [2.45, 2.75) is 46.3 Å². The van der Waals surface area contributed by atoms with Gasteiger partial charge < -0.3 is 20.4 Å². The number of nitrogens with one attached hydrogen (secondary N) is 2. The molecule has 0 spiro atoms. The van der Waals surface area contributed by atoms with E-state index in [0.29, 0.717) is 12.1 Å². The quantitative estimate of drug-likeness (QED) is 0.520. The second kappa shape index (κ2) is 11.2. The predicted molar refractivity (Wildman–Crippen MR) is 119 cm³/mol. The molecule has 1 aliphatic rings. The molecule has 1 saturated heterocycles. The van der Waals surface area contributed by atoms with Crippen molar-refractivity contribution in [1.29, 1.82) is 0 Å². The summed E-state index contributed by atoms with van der Waals surface area (Å²) >= 11 is 0. The molecular weight excluding hydrogens is 350 g/mol. The van der Waals surface area contributed by atoms with Crippen molar-refractivity contribution in [3.05, 3.63) is 23.9 Å². The van der Waals surface area contributed by atoms with E-state index in [9.17, 15) is 0 Å². The first kappa shape index (κ1) is 22.4. The first-order valence-electron chi connectivity index (χ1n) is 10.5. The highest BCUT2D eigenvalue weighted by molar-refractivity contribution is 5.79. The Kier molecular flexibility index (Phi) is 8.99. The van der Waals surface area contributed by atoms with Gasteiger partial charge in [0.05, 0.1) is 0 Å². The molecule has 2 N–H and O–H groups in total. The number of likely N-dealkylation sites (N-methyl/N-ethyl adjacent to an activating group) is 1. The van der Waals surface area contributed by atoms with Gasteiger partial charge in [0.1, 0.15) is 5.82 Å². The summed E-state index contributed by atoms with van der Waals surface area (Å²) in [5.41, 5.74) is 1.22. The minimum Gasteiger partial charge on any atom is -0.355 e. The van der Waals surface area contributed by atoms with Crippen molar-refractivity contribution in [2.75, 3.05) is 58.3 Å². The number of pyridine rings is 1. The monoisotopic (exact) mass is 389 g/mol. The van der Waals surface area contributed by atoms with Crippen LogP contribution in [0.3, 0.4) is 0 Å². The molecule has 1 aromatic heterocycles. The van der Waals surface area contributed by atoms with E-state index in [1.165, 1.54) is 5.56 Å². The lowest BCUT2D eigenvalue weighted by Crippen LogP contribution is -2.45. The van der Waals surface area contributed by atoms with Crippen LogP contribution < -0.4 is 15.5 Å². The van der Waals surface area contributed by atoms with Gasteiger partial charge in [-0.15, -0.1) is 0 Å². The second-order valence-corrected chi connectivity index (χ2v) is 8.09. The number of piperazine rings is 1. The predicted octanol–water partition coefficient (Wildman–Crippen LogP) is 1.62. The van der Waals surface area contributed by atoms with E-state index in [2.05, 4.69) is 82.2 Å². The maximum Gasteiger partial charge on any atom is 0.191 e. The summed E-state index contributed by atoms with van der Waals surface area (Å²) in [6.45, 7) is 15.8. The smallest absolute Gasteiger partial charge is 0.191 e. The normalized spacial score (nSPS) is 16.3. The standard InChI is InChI=1S/C21H39N7/c1-17(2)28(18(3)4)10-9-24-21(22-5)25-16-19-7-8-23-20(15-19)27-13-11-26(6)12-14-27/h7-8,15,17-18H,9-14,16H2,1-6H3,(H2,22,24,25). The SMILES string of the molecule is CN=C(NCCN(C(C)C)C(C)C)NCc1ccnc(N2CCN(C)CC2)c1. The third kappa shape index (κ3) is 6.95. The first-order valence-corrected chi connectivity index (χ1v) is 10.5. The third-order valence-corrected chi connectivity index (χ3v) is 5.31. The zero-order valence-electron chi connectivity index (χ0n) is 18.6. The van der Waals surface area contributed by atoms with Crippen LogP contribution >= 0.6 is 0 Å². The van der Waals surface area contributed by atoms with Crippen molar-refractivity contribution >= 4 is 11.8 Å². The Morgan fingerprint density at radius 2 is 1.82 bits per heavy atom. The summed E-state index contributed by atoms with van der Waals surface area (Å²) in [4.78, 5) is 16.1. The number of nitrogens with zero attached hydrogens (tertiary/aromatic N) is 5. The van der Waals surface area contributed by atoms with Crippen LogP contribution in [0.2, 0.25) is 0 Å². The number of aliphatic imine (C=N–C) groups is 1. The highest BCUT2D eigenvalue weighted by Gasteiger charge is 2.15. The molecule has 1 fully saturated rings. The van der Waals surface area contributed by atoms with Gasteiger partial charge in [-0.3, -0.25) is 9.89 Å². The Hall–Kier alpha value is -1.86. The van der Waals surface area contributed by atoms with Crippen molar-refractivity contribution in [1.82, 2.24) is 25.4 Å². The van der Waals surface area contributed by atoms with Gasteiger partial charge in [-0.2, -0.15) is 0 Å². The fourth-order valence-corrected chi connectivity index (χ4v) is 3.60. The van der Waals surface area contributed by atoms with E-state index < -0.39 is 0 Å². The molecule has 1 aromatic rings. The summed E-state index contributed by atoms with van der Waals surface area (Å²) in [6, 6.07) is 5.34. The number of anilines is 1. The van der Waals surface area contributed by atoms with Gasteiger partial charge in [-0.25, -0.2) is 4.98 Å². The van der Waals surface area contributed by atoms with Crippen molar-refractivity contribution in [3.8, 4) is 0 Å². The Labute approximate surface area is 171 Å². The first-order chi connectivity index (χ1) is 13.4. The molecule has 2 heterocycles. The zero-order chi connectivity index (χ0) is 20.5. The molecule has 0 unspecified atom stereocenters. The fraction of sp³-hybridized carbons (Fsp3) is 0.714. The molecule has 0 saturated carbocycles. The van der Waals surface area contributed by atoms with Gasteiger partial charge in [-0.05, 0) is 52.4 Å². The van der Waals surface area contributed by atoms with E-state index in [1.807, 2.05) is 13.2 Å². The lowest BCUT2D eigenvalue weighted by Gasteiger charge is -2.33. The highest BCUT2D eigenvalue weighted by atomic mass is 15.3. The minimum atomic E-state index is 0.543. The topological polar surface area (TPSA) is 59.0 Å². The van der Waals surface area contributed by atoms with Crippen molar-refractivity contribution in [2.24, 2.45) is 4.99 Å². The summed E-state index contributed by atoms with van der Waals surface area (Å²) in [5, 5.41) is 6.85. The number of hydrogen-bond acceptors (Lipinski definition) is 5. The molecule has 1 aliphatic heterocycles. The average molecular weight is 390 g/mol.